The van der Waals surface area contributed by atoms with E-state index in [-0.39, 0.29) is 30.8 Å². The number of hydrogen-bond donors (Lipinski definition) is 2. The molecule has 0 aliphatic heterocycles. The largest absolute Gasteiger partial charge is 0.483 e. The first-order chi connectivity index (χ1) is 13.5. The summed E-state index contributed by atoms with van der Waals surface area (Å²) in [5.74, 6) is -0.234. The van der Waals surface area contributed by atoms with Gasteiger partial charge in [0.1, 0.15) is 5.75 Å². The molecule has 0 aliphatic rings. The zero-order valence-electron chi connectivity index (χ0n) is 14.9. The minimum atomic E-state index is -0.502. The van der Waals surface area contributed by atoms with Crippen LogP contribution in [0.25, 0.3) is 0 Å². The van der Waals surface area contributed by atoms with Crippen molar-refractivity contribution in [2.45, 2.75) is 20.1 Å². The van der Waals surface area contributed by atoms with Crippen molar-refractivity contribution >= 4 is 29.1 Å². The van der Waals surface area contributed by atoms with E-state index in [1.54, 1.807) is 42.5 Å². The molecule has 0 aliphatic carbocycles. The number of amides is 2. The van der Waals surface area contributed by atoms with E-state index in [0.717, 1.165) is 5.56 Å². The van der Waals surface area contributed by atoms with Gasteiger partial charge in [-0.1, -0.05) is 41.0 Å². The molecule has 0 fully saturated rings. The summed E-state index contributed by atoms with van der Waals surface area (Å²) in [4.78, 5) is 27.4. The van der Waals surface area contributed by atoms with Crippen LogP contribution in [-0.2, 0) is 17.9 Å². The van der Waals surface area contributed by atoms with Crippen LogP contribution in [0.15, 0.2) is 53.1 Å². The number of rotatable bonds is 7. The molecule has 2 aromatic carbocycles. The number of benzene rings is 2. The number of anilines is 1. The minimum absolute atomic E-state index is 0.0261. The highest BCUT2D eigenvalue weighted by atomic mass is 35.5. The molecule has 0 saturated heterocycles. The highest BCUT2D eigenvalue weighted by Gasteiger charge is 2.16. The average molecular weight is 401 g/mol. The molecule has 0 spiro atoms. The van der Waals surface area contributed by atoms with Crippen molar-refractivity contribution < 1.29 is 18.8 Å². The van der Waals surface area contributed by atoms with Gasteiger partial charge < -0.3 is 19.9 Å². The Balaban J connectivity index is 1.57. The van der Waals surface area contributed by atoms with E-state index in [0.29, 0.717) is 16.5 Å². The highest BCUT2D eigenvalue weighted by Crippen LogP contribution is 2.24. The maximum atomic E-state index is 12.1. The Bertz CT molecular complexity index is 989. The van der Waals surface area contributed by atoms with Gasteiger partial charge >= 0.3 is 11.8 Å². The molecule has 2 amide bonds. The molecule has 0 atom stereocenters. The second-order valence-corrected chi connectivity index (χ2v) is 6.23. The standard InChI is InChI=1S/C19H17ClN4O4/c1-12(25)22-15-7-2-3-8-16(15)27-11-17-23-19(28-24-17)18(26)21-10-13-5-4-6-14(20)9-13/h2-9H,10-11H2,1H3,(H,21,26)(H,22,25). The molecule has 0 saturated carbocycles. The Kier molecular flexibility index (Phi) is 6.23. The summed E-state index contributed by atoms with van der Waals surface area (Å²) < 4.78 is 10.6. The number of ether oxygens (including phenoxy) is 1. The predicted octanol–water partition coefficient (Wildman–Crippen LogP) is 3.19. The number of nitrogens with zero attached hydrogens (tertiary/aromatic N) is 2. The van der Waals surface area contributed by atoms with Crippen molar-refractivity contribution in [2.75, 3.05) is 5.32 Å². The first kappa shape index (κ1) is 19.4. The van der Waals surface area contributed by atoms with Crippen molar-refractivity contribution in [3.05, 3.63) is 70.8 Å². The summed E-state index contributed by atoms with van der Waals surface area (Å²) in [5, 5.41) is 9.66. The topological polar surface area (TPSA) is 106 Å². The summed E-state index contributed by atoms with van der Waals surface area (Å²) in [6.45, 7) is 1.66. The highest BCUT2D eigenvalue weighted by molar-refractivity contribution is 6.30. The molecule has 0 unspecified atom stereocenters. The van der Waals surface area contributed by atoms with E-state index in [9.17, 15) is 9.59 Å². The van der Waals surface area contributed by atoms with Gasteiger partial charge in [0.05, 0.1) is 5.69 Å². The fourth-order valence-electron chi connectivity index (χ4n) is 2.34. The maximum absolute atomic E-state index is 12.1. The quantitative estimate of drug-likeness (QED) is 0.630. The third kappa shape index (κ3) is 5.31. The smallest absolute Gasteiger partial charge is 0.316 e. The lowest BCUT2D eigenvalue weighted by Gasteiger charge is -2.09. The molecule has 9 heteroatoms. The Morgan fingerprint density at radius 2 is 2.00 bits per heavy atom. The van der Waals surface area contributed by atoms with Crippen molar-refractivity contribution in [1.29, 1.82) is 0 Å². The van der Waals surface area contributed by atoms with E-state index >= 15 is 0 Å². The summed E-state index contributed by atoms with van der Waals surface area (Å²) in [5.41, 5.74) is 1.37. The summed E-state index contributed by atoms with van der Waals surface area (Å²) in [6.07, 6.45) is 0. The van der Waals surface area contributed by atoms with Gasteiger partial charge in [-0.05, 0) is 29.8 Å². The predicted molar refractivity (Wildman–Crippen MR) is 102 cm³/mol. The van der Waals surface area contributed by atoms with Gasteiger partial charge in [0.25, 0.3) is 0 Å². The molecule has 3 rings (SSSR count). The zero-order valence-corrected chi connectivity index (χ0v) is 15.7. The van der Waals surface area contributed by atoms with Crippen LogP contribution < -0.4 is 15.4 Å². The lowest BCUT2D eigenvalue weighted by Crippen LogP contribution is -2.23. The minimum Gasteiger partial charge on any atom is -0.483 e. The number of para-hydroxylation sites is 2. The van der Waals surface area contributed by atoms with Crippen molar-refractivity contribution in [1.82, 2.24) is 15.5 Å². The number of nitrogens with one attached hydrogen (secondary N) is 2. The molecule has 3 aromatic rings. The molecule has 0 bridgehead atoms. The van der Waals surface area contributed by atoms with Crippen LogP contribution >= 0.6 is 11.6 Å². The normalized spacial score (nSPS) is 10.4. The number of aromatic nitrogens is 2. The molecular weight excluding hydrogens is 384 g/mol. The first-order valence-corrected chi connectivity index (χ1v) is 8.73. The van der Waals surface area contributed by atoms with E-state index < -0.39 is 5.91 Å². The van der Waals surface area contributed by atoms with Crippen LogP contribution in [0.1, 0.15) is 29.0 Å². The van der Waals surface area contributed by atoms with Gasteiger partial charge in [-0.3, -0.25) is 9.59 Å². The molecule has 2 N–H and O–H groups in total. The van der Waals surface area contributed by atoms with E-state index in [1.807, 2.05) is 6.07 Å². The number of hydrogen-bond acceptors (Lipinski definition) is 6. The molecule has 0 radical (unpaired) electrons. The fourth-order valence-corrected chi connectivity index (χ4v) is 2.55. The SMILES string of the molecule is CC(=O)Nc1ccccc1OCc1noc(C(=O)NCc2cccc(Cl)c2)n1. The maximum Gasteiger partial charge on any atom is 0.316 e. The number of carbonyl (C=O) groups is 2. The van der Waals surface area contributed by atoms with Crippen molar-refractivity contribution in [3.8, 4) is 5.75 Å². The lowest BCUT2D eigenvalue weighted by atomic mass is 10.2. The van der Waals surface area contributed by atoms with Gasteiger partial charge in [0, 0.05) is 18.5 Å². The fraction of sp³-hybridized carbons (Fsp3) is 0.158. The Labute approximate surface area is 165 Å². The van der Waals surface area contributed by atoms with Crippen LogP contribution in [0, 0.1) is 0 Å². The van der Waals surface area contributed by atoms with Crippen LogP contribution in [0.4, 0.5) is 5.69 Å². The van der Waals surface area contributed by atoms with Gasteiger partial charge in [-0.15, -0.1) is 0 Å². The Morgan fingerprint density at radius 3 is 2.79 bits per heavy atom. The van der Waals surface area contributed by atoms with Crippen LogP contribution in [-0.4, -0.2) is 22.0 Å². The van der Waals surface area contributed by atoms with Gasteiger partial charge in [-0.2, -0.15) is 4.98 Å². The van der Waals surface area contributed by atoms with E-state index in [4.69, 9.17) is 20.9 Å². The number of carbonyl (C=O) groups excluding carboxylic acids is 2. The van der Waals surface area contributed by atoms with Crippen LogP contribution in [0.5, 0.6) is 5.75 Å². The third-order valence-corrected chi connectivity index (χ3v) is 3.79. The Hall–Kier alpha value is -3.39. The first-order valence-electron chi connectivity index (χ1n) is 8.36. The lowest BCUT2D eigenvalue weighted by molar-refractivity contribution is -0.114. The number of halogens is 1. The molecule has 1 aromatic heterocycles. The second-order valence-electron chi connectivity index (χ2n) is 5.79. The summed E-state index contributed by atoms with van der Waals surface area (Å²) >= 11 is 5.91. The van der Waals surface area contributed by atoms with Gasteiger partial charge in [-0.25, -0.2) is 0 Å². The van der Waals surface area contributed by atoms with E-state index in [1.165, 1.54) is 6.92 Å². The van der Waals surface area contributed by atoms with Crippen molar-refractivity contribution in [3.63, 3.8) is 0 Å². The molecular formula is C19H17ClN4O4. The van der Waals surface area contributed by atoms with Gasteiger partial charge in [0.15, 0.2) is 6.61 Å². The van der Waals surface area contributed by atoms with Gasteiger partial charge in [0.2, 0.25) is 11.7 Å². The summed E-state index contributed by atoms with van der Waals surface area (Å²) in [7, 11) is 0. The van der Waals surface area contributed by atoms with E-state index in [2.05, 4.69) is 20.8 Å². The summed E-state index contributed by atoms with van der Waals surface area (Å²) in [6, 6.07) is 14.1. The van der Waals surface area contributed by atoms with Crippen LogP contribution in [0.3, 0.4) is 0 Å². The zero-order chi connectivity index (χ0) is 19.9. The molecule has 144 valence electrons. The van der Waals surface area contributed by atoms with Crippen LogP contribution in [0.2, 0.25) is 5.02 Å². The molecule has 8 nitrogen and oxygen atoms in total. The molecule has 28 heavy (non-hydrogen) atoms. The second kappa shape index (κ2) is 9.01. The molecule has 1 heterocycles. The Morgan fingerprint density at radius 1 is 1.18 bits per heavy atom. The third-order valence-electron chi connectivity index (χ3n) is 3.56. The average Bonchev–Trinajstić information content (AvgIpc) is 3.14. The monoisotopic (exact) mass is 400 g/mol. The van der Waals surface area contributed by atoms with Crippen molar-refractivity contribution in [2.24, 2.45) is 0 Å².